The number of aromatic nitrogens is 2. The quantitative estimate of drug-likeness (QED) is 0.375. The molecule has 0 spiro atoms. The molecule has 2 rings (SSSR count). The summed E-state index contributed by atoms with van der Waals surface area (Å²) in [7, 11) is -10.2. The molecule has 0 radical (unpaired) electrons. The highest BCUT2D eigenvalue weighted by atomic mass is 35.5. The van der Waals surface area contributed by atoms with Crippen molar-refractivity contribution in [1.82, 2.24) is 9.78 Å². The number of hydrogen-bond donors (Lipinski definition) is 1. The molecule has 0 amide bonds. The minimum absolute atomic E-state index is 0.171. The fourth-order valence-electron chi connectivity index (χ4n) is 2.03. The lowest BCUT2D eigenvalue weighted by atomic mass is 10.3. The second-order valence-electron chi connectivity index (χ2n) is 5.06. The Balaban J connectivity index is 2.79. The Hall–Kier alpha value is -1.40. The summed E-state index contributed by atoms with van der Waals surface area (Å²) in [5, 5.41) is 19.7. The van der Waals surface area contributed by atoms with Crippen molar-refractivity contribution < 1.29 is 37.7 Å². The molecule has 16 heteroatoms. The van der Waals surface area contributed by atoms with Crippen molar-refractivity contribution in [1.29, 1.82) is 5.26 Å². The first kappa shape index (κ1) is 22.9. The SMILES string of the molecule is N#Cc1nn(-c2c(Cl)cc(S(F)(F)(F)(F)F)cc2Cl)c(CO)c1SC(F)(F)F. The van der Waals surface area contributed by atoms with Gasteiger partial charge in [0.25, 0.3) is 0 Å². The molecule has 1 N–H and O–H groups in total. The summed E-state index contributed by atoms with van der Waals surface area (Å²) < 4.78 is 103. The molecule has 1 aromatic heterocycles. The Morgan fingerprint density at radius 2 is 1.64 bits per heavy atom. The topological polar surface area (TPSA) is 61.8 Å². The lowest BCUT2D eigenvalue weighted by Gasteiger charge is -2.40. The van der Waals surface area contributed by atoms with E-state index < -0.39 is 71.0 Å². The number of hydrogen-bond acceptors (Lipinski definition) is 4. The van der Waals surface area contributed by atoms with E-state index in [4.69, 9.17) is 28.5 Å². The Bertz CT molecular complexity index is 975. The van der Waals surface area contributed by atoms with Crippen LogP contribution < -0.4 is 0 Å². The zero-order valence-electron chi connectivity index (χ0n) is 12.7. The van der Waals surface area contributed by atoms with Crippen molar-refractivity contribution in [2.24, 2.45) is 0 Å². The maximum atomic E-state index is 12.9. The van der Waals surface area contributed by atoms with Gasteiger partial charge in [0, 0.05) is 0 Å². The lowest BCUT2D eigenvalue weighted by molar-refractivity contribution is -0.0328. The predicted octanol–water partition coefficient (Wildman–Crippen LogP) is 6.81. The largest absolute Gasteiger partial charge is 0.446 e. The van der Waals surface area contributed by atoms with E-state index in [-0.39, 0.29) is 12.1 Å². The number of aliphatic hydroxyl groups is 1. The third-order valence-electron chi connectivity index (χ3n) is 3.05. The maximum Gasteiger partial charge on any atom is 0.446 e. The zero-order valence-corrected chi connectivity index (χ0v) is 15.9. The molecule has 2 aromatic rings. The highest BCUT2D eigenvalue weighted by Crippen LogP contribution is 3.02. The Labute approximate surface area is 165 Å². The summed E-state index contributed by atoms with van der Waals surface area (Å²) >= 11 is 10.4. The fraction of sp³-hybridized carbons (Fsp3) is 0.167. The molecule has 0 aliphatic carbocycles. The highest BCUT2D eigenvalue weighted by molar-refractivity contribution is 8.45. The van der Waals surface area contributed by atoms with Gasteiger partial charge >= 0.3 is 15.7 Å². The number of benzene rings is 1. The van der Waals surface area contributed by atoms with Crippen LogP contribution in [0.25, 0.3) is 5.69 Å². The van der Waals surface area contributed by atoms with Gasteiger partial charge in [-0.1, -0.05) is 42.6 Å². The Morgan fingerprint density at radius 1 is 1.14 bits per heavy atom. The molecule has 28 heavy (non-hydrogen) atoms. The van der Waals surface area contributed by atoms with Crippen molar-refractivity contribution in [3.63, 3.8) is 0 Å². The zero-order chi connectivity index (χ0) is 21.8. The summed E-state index contributed by atoms with van der Waals surface area (Å²) in [6.07, 6.45) is 0. The van der Waals surface area contributed by atoms with Crippen LogP contribution in [0.1, 0.15) is 11.4 Å². The summed E-state index contributed by atoms with van der Waals surface area (Å²) in [6.45, 7) is -1.15. The molecule has 0 saturated heterocycles. The van der Waals surface area contributed by atoms with Crippen LogP contribution in [0, 0.1) is 11.3 Å². The van der Waals surface area contributed by atoms with Gasteiger partial charge in [0.1, 0.15) is 16.7 Å². The molecule has 0 aliphatic rings. The van der Waals surface area contributed by atoms with Crippen molar-refractivity contribution in [2.75, 3.05) is 0 Å². The molecule has 0 fully saturated rings. The van der Waals surface area contributed by atoms with E-state index in [2.05, 4.69) is 5.10 Å². The molecule has 156 valence electrons. The summed E-state index contributed by atoms with van der Waals surface area (Å²) in [6, 6.07) is 0.984. The minimum Gasteiger partial charge on any atom is -0.390 e. The van der Waals surface area contributed by atoms with E-state index in [1.165, 1.54) is 6.07 Å². The number of thioether (sulfide) groups is 1. The first-order valence-corrected chi connectivity index (χ1v) is 10.0. The summed E-state index contributed by atoms with van der Waals surface area (Å²) in [5.41, 5.74) is -7.13. The Kier molecular flexibility index (Phi) is 5.15. The molecule has 1 heterocycles. The minimum atomic E-state index is -10.2. The van der Waals surface area contributed by atoms with Crippen LogP contribution in [0.4, 0.5) is 32.6 Å². The number of nitrogens with zero attached hydrogens (tertiary/aromatic N) is 3. The van der Waals surface area contributed by atoms with Gasteiger partial charge < -0.3 is 5.11 Å². The monoisotopic (exact) mass is 493 g/mol. The second-order valence-corrected chi connectivity index (χ2v) is 9.36. The van der Waals surface area contributed by atoms with E-state index in [0.717, 1.165) is 0 Å². The van der Waals surface area contributed by atoms with Gasteiger partial charge in [-0.25, -0.2) is 4.68 Å². The van der Waals surface area contributed by atoms with Crippen LogP contribution in [-0.2, 0) is 6.61 Å². The number of nitriles is 1. The van der Waals surface area contributed by atoms with E-state index in [0.29, 0.717) is 4.68 Å². The average Bonchev–Trinajstić information content (AvgIpc) is 2.79. The smallest absolute Gasteiger partial charge is 0.390 e. The van der Waals surface area contributed by atoms with Gasteiger partial charge in [0.05, 0.1) is 27.2 Å². The fourth-order valence-corrected chi connectivity index (χ4v) is 4.17. The number of alkyl halides is 3. The first-order valence-electron chi connectivity index (χ1n) is 6.50. The molecule has 0 bridgehead atoms. The second kappa shape index (κ2) is 6.30. The van der Waals surface area contributed by atoms with Gasteiger partial charge in [-0.05, 0) is 23.9 Å². The molecule has 0 atom stereocenters. The van der Waals surface area contributed by atoms with Crippen LogP contribution >= 0.6 is 45.2 Å². The van der Waals surface area contributed by atoms with Crippen molar-refractivity contribution in [3.8, 4) is 11.8 Å². The maximum absolute atomic E-state index is 12.9. The van der Waals surface area contributed by atoms with E-state index in [9.17, 15) is 37.7 Å². The summed E-state index contributed by atoms with van der Waals surface area (Å²) in [5.74, 6) is 0. The highest BCUT2D eigenvalue weighted by Gasteiger charge is 2.65. The van der Waals surface area contributed by atoms with Crippen LogP contribution in [0.2, 0.25) is 10.0 Å². The van der Waals surface area contributed by atoms with Gasteiger partial charge in [-0.3, -0.25) is 0 Å². The van der Waals surface area contributed by atoms with E-state index in [1.54, 1.807) is 0 Å². The van der Waals surface area contributed by atoms with Crippen molar-refractivity contribution in [3.05, 3.63) is 33.6 Å². The number of rotatable bonds is 4. The van der Waals surface area contributed by atoms with Crippen LogP contribution in [-0.4, -0.2) is 20.4 Å². The Morgan fingerprint density at radius 3 is 2.00 bits per heavy atom. The van der Waals surface area contributed by atoms with Crippen molar-refractivity contribution >= 4 is 45.2 Å². The van der Waals surface area contributed by atoms with Gasteiger partial charge in [0.2, 0.25) is 0 Å². The standard InChI is InChI=1S/C12H5Cl2F8N3OS2/c13-6-1-5(28(18,19,20,21)22)2-7(14)10(6)25-9(4-26)11(8(3-23)24-25)27-12(15,16)17/h1-2,26H,4H2. The number of halogens is 10. The third kappa shape index (κ3) is 4.77. The van der Waals surface area contributed by atoms with Crippen LogP contribution in [0.3, 0.4) is 0 Å². The molecule has 4 nitrogen and oxygen atoms in total. The molecule has 1 aromatic carbocycles. The van der Waals surface area contributed by atoms with E-state index in [1.807, 2.05) is 0 Å². The lowest BCUT2D eigenvalue weighted by Crippen LogP contribution is -2.09. The average molecular weight is 494 g/mol. The molecular formula is C12H5Cl2F8N3OS2. The van der Waals surface area contributed by atoms with E-state index >= 15 is 0 Å². The van der Waals surface area contributed by atoms with Gasteiger partial charge in [0.15, 0.2) is 5.69 Å². The van der Waals surface area contributed by atoms with Crippen LogP contribution in [0.15, 0.2) is 21.9 Å². The van der Waals surface area contributed by atoms with Gasteiger partial charge in [-0.2, -0.15) is 23.5 Å². The molecular weight excluding hydrogens is 489 g/mol. The third-order valence-corrected chi connectivity index (χ3v) is 5.62. The molecule has 0 aliphatic heterocycles. The summed E-state index contributed by atoms with van der Waals surface area (Å²) in [4.78, 5) is -3.27. The number of aliphatic hydroxyl groups excluding tert-OH is 1. The molecule has 0 unspecified atom stereocenters. The predicted molar refractivity (Wildman–Crippen MR) is 87.5 cm³/mol. The molecule has 0 saturated carbocycles. The van der Waals surface area contributed by atoms with Crippen LogP contribution in [0.5, 0.6) is 0 Å². The van der Waals surface area contributed by atoms with Crippen molar-refractivity contribution in [2.45, 2.75) is 21.9 Å². The first-order chi connectivity index (χ1) is 12.4. The van der Waals surface area contributed by atoms with Gasteiger partial charge in [-0.15, -0.1) is 0 Å². The normalized spacial score (nSPS) is 15.1.